The summed E-state index contributed by atoms with van der Waals surface area (Å²) in [5.74, 6) is -0.813. The van der Waals surface area contributed by atoms with E-state index < -0.39 is 34.1 Å². The highest BCUT2D eigenvalue weighted by molar-refractivity contribution is 9.10. The van der Waals surface area contributed by atoms with Crippen molar-refractivity contribution in [1.82, 2.24) is 10.2 Å². The van der Waals surface area contributed by atoms with Crippen LogP contribution in [0.5, 0.6) is 0 Å². The molecule has 0 aromatic heterocycles. The van der Waals surface area contributed by atoms with Crippen LogP contribution in [0.15, 0.2) is 82.2 Å². The molecule has 1 atom stereocenters. The SMILES string of the molecule is Cc1ccc(C)c(N(CC(=O)N(Cc2ccc(Br)cc2)[C@@H](C)C(=O)NC(C)(C)C)S(=O)(=O)c2ccccc2)c1. The molecule has 9 heteroatoms. The Morgan fingerprint density at radius 1 is 0.949 bits per heavy atom. The van der Waals surface area contributed by atoms with Gasteiger partial charge in [0.05, 0.1) is 10.6 Å². The molecule has 0 aliphatic carbocycles. The second kappa shape index (κ2) is 12.3. The average Bonchev–Trinajstić information content (AvgIpc) is 2.87. The van der Waals surface area contributed by atoms with E-state index in [2.05, 4.69) is 21.2 Å². The zero-order chi connectivity index (χ0) is 29.0. The number of nitrogens with one attached hydrogen (secondary N) is 1. The van der Waals surface area contributed by atoms with Crippen LogP contribution in [0, 0.1) is 13.8 Å². The Morgan fingerprint density at radius 3 is 2.15 bits per heavy atom. The smallest absolute Gasteiger partial charge is 0.264 e. The van der Waals surface area contributed by atoms with Crippen molar-refractivity contribution in [1.29, 1.82) is 0 Å². The van der Waals surface area contributed by atoms with E-state index >= 15 is 0 Å². The second-order valence-corrected chi connectivity index (χ2v) is 13.5. The summed E-state index contributed by atoms with van der Waals surface area (Å²) in [5.41, 5.74) is 2.31. The van der Waals surface area contributed by atoms with Crippen molar-refractivity contribution in [3.63, 3.8) is 0 Å². The summed E-state index contributed by atoms with van der Waals surface area (Å²) >= 11 is 3.42. The molecule has 3 aromatic carbocycles. The van der Waals surface area contributed by atoms with Crippen LogP contribution < -0.4 is 9.62 Å². The number of carbonyl (C=O) groups excluding carboxylic acids is 2. The Bertz CT molecular complexity index is 1420. The fraction of sp³-hybridized carbons (Fsp3) is 0.333. The fourth-order valence-electron chi connectivity index (χ4n) is 4.06. The van der Waals surface area contributed by atoms with Gasteiger partial charge in [0, 0.05) is 16.6 Å². The van der Waals surface area contributed by atoms with E-state index in [1.165, 1.54) is 17.0 Å². The summed E-state index contributed by atoms with van der Waals surface area (Å²) in [6.45, 7) is 10.6. The van der Waals surface area contributed by atoms with Gasteiger partial charge in [-0.05, 0) is 88.6 Å². The number of nitrogens with zero attached hydrogens (tertiary/aromatic N) is 2. The predicted octanol–water partition coefficient (Wildman–Crippen LogP) is 5.59. The standard InChI is InChI=1S/C30H36BrN3O4S/c1-21-12-13-22(2)27(18-21)34(39(37,38)26-10-8-7-9-11-26)20-28(35)33(19-24-14-16-25(31)17-15-24)23(3)29(36)32-30(4,5)6/h7-18,23H,19-20H2,1-6H3,(H,32,36)/t23-/m0/s1. The van der Waals surface area contributed by atoms with Crippen LogP contribution in [-0.4, -0.2) is 43.3 Å². The zero-order valence-electron chi connectivity index (χ0n) is 23.2. The van der Waals surface area contributed by atoms with Crippen molar-refractivity contribution in [2.24, 2.45) is 0 Å². The summed E-state index contributed by atoms with van der Waals surface area (Å²) in [4.78, 5) is 28.7. The number of sulfonamides is 1. The van der Waals surface area contributed by atoms with Crippen LogP contribution in [0.1, 0.15) is 44.4 Å². The van der Waals surface area contributed by atoms with E-state index in [4.69, 9.17) is 0 Å². The molecule has 3 aromatic rings. The molecule has 0 aliphatic rings. The molecule has 0 aliphatic heterocycles. The van der Waals surface area contributed by atoms with Gasteiger partial charge in [-0.2, -0.15) is 0 Å². The minimum atomic E-state index is -4.10. The summed E-state index contributed by atoms with van der Waals surface area (Å²) in [7, 11) is -4.10. The Labute approximate surface area is 240 Å². The summed E-state index contributed by atoms with van der Waals surface area (Å²) in [6.07, 6.45) is 0. The topological polar surface area (TPSA) is 86.8 Å². The number of hydrogen-bond donors (Lipinski definition) is 1. The van der Waals surface area contributed by atoms with Crippen molar-refractivity contribution in [2.45, 2.75) is 64.6 Å². The fourth-order valence-corrected chi connectivity index (χ4v) is 5.82. The number of carbonyl (C=O) groups is 2. The first-order chi connectivity index (χ1) is 18.2. The molecule has 0 heterocycles. The largest absolute Gasteiger partial charge is 0.350 e. The lowest BCUT2D eigenvalue weighted by molar-refractivity contribution is -0.140. The van der Waals surface area contributed by atoms with E-state index in [1.54, 1.807) is 31.2 Å². The lowest BCUT2D eigenvalue weighted by Crippen LogP contribution is -2.54. The predicted molar refractivity (Wildman–Crippen MR) is 159 cm³/mol. The van der Waals surface area contributed by atoms with Crippen LogP contribution in [0.2, 0.25) is 0 Å². The van der Waals surface area contributed by atoms with Gasteiger partial charge in [-0.25, -0.2) is 8.42 Å². The van der Waals surface area contributed by atoms with Crippen molar-refractivity contribution in [3.05, 3.63) is 94.0 Å². The van der Waals surface area contributed by atoms with Gasteiger partial charge in [0.25, 0.3) is 10.0 Å². The van der Waals surface area contributed by atoms with E-state index in [0.29, 0.717) is 11.3 Å². The minimum absolute atomic E-state index is 0.0803. The van der Waals surface area contributed by atoms with Crippen LogP contribution in [0.3, 0.4) is 0 Å². The molecule has 7 nitrogen and oxygen atoms in total. The molecule has 1 N–H and O–H groups in total. The Hall–Kier alpha value is -3.17. The molecule has 3 rings (SSSR count). The number of benzene rings is 3. The average molecular weight is 615 g/mol. The number of anilines is 1. The first-order valence-corrected chi connectivity index (χ1v) is 14.9. The van der Waals surface area contributed by atoms with Crippen molar-refractivity contribution in [3.8, 4) is 0 Å². The highest BCUT2D eigenvalue weighted by atomic mass is 79.9. The van der Waals surface area contributed by atoms with Gasteiger partial charge in [-0.15, -0.1) is 0 Å². The maximum absolute atomic E-state index is 14.0. The van der Waals surface area contributed by atoms with Gasteiger partial charge < -0.3 is 10.2 Å². The molecule has 0 saturated carbocycles. The Morgan fingerprint density at radius 2 is 1.56 bits per heavy atom. The normalized spacial score (nSPS) is 12.5. The summed E-state index contributed by atoms with van der Waals surface area (Å²) in [5, 5.41) is 2.93. The maximum Gasteiger partial charge on any atom is 0.264 e. The Balaban J connectivity index is 2.06. The molecule has 0 saturated heterocycles. The van der Waals surface area contributed by atoms with Gasteiger partial charge in [0.1, 0.15) is 12.6 Å². The number of hydrogen-bond acceptors (Lipinski definition) is 4. The van der Waals surface area contributed by atoms with Crippen LogP contribution in [-0.2, 0) is 26.2 Å². The molecular formula is C30H36BrN3O4S. The molecule has 0 bridgehead atoms. The van der Waals surface area contributed by atoms with Gasteiger partial charge in [0.15, 0.2) is 0 Å². The monoisotopic (exact) mass is 613 g/mol. The van der Waals surface area contributed by atoms with Gasteiger partial charge in [-0.3, -0.25) is 13.9 Å². The third-order valence-electron chi connectivity index (χ3n) is 6.18. The molecule has 39 heavy (non-hydrogen) atoms. The Kier molecular flexibility index (Phi) is 9.61. The highest BCUT2D eigenvalue weighted by Gasteiger charge is 2.33. The molecular weight excluding hydrogens is 578 g/mol. The quantitative estimate of drug-likeness (QED) is 0.341. The lowest BCUT2D eigenvalue weighted by atomic mass is 10.1. The first-order valence-electron chi connectivity index (χ1n) is 12.7. The van der Waals surface area contributed by atoms with Crippen LogP contribution in [0.25, 0.3) is 0 Å². The number of halogens is 1. The third-order valence-corrected chi connectivity index (χ3v) is 8.48. The maximum atomic E-state index is 14.0. The van der Waals surface area contributed by atoms with E-state index in [-0.39, 0.29) is 17.3 Å². The molecule has 0 unspecified atom stereocenters. The molecule has 0 radical (unpaired) electrons. The third kappa shape index (κ3) is 7.92. The van der Waals surface area contributed by atoms with Crippen molar-refractivity contribution in [2.75, 3.05) is 10.8 Å². The van der Waals surface area contributed by atoms with Crippen molar-refractivity contribution >= 4 is 43.5 Å². The van der Waals surface area contributed by atoms with Gasteiger partial charge in [0.2, 0.25) is 11.8 Å². The minimum Gasteiger partial charge on any atom is -0.350 e. The lowest BCUT2D eigenvalue weighted by Gasteiger charge is -2.34. The van der Waals surface area contributed by atoms with E-state index in [0.717, 1.165) is 19.9 Å². The van der Waals surface area contributed by atoms with Gasteiger partial charge in [-0.1, -0.05) is 58.4 Å². The van der Waals surface area contributed by atoms with Crippen LogP contribution >= 0.6 is 15.9 Å². The van der Waals surface area contributed by atoms with Crippen molar-refractivity contribution < 1.29 is 18.0 Å². The first kappa shape index (κ1) is 30.4. The molecule has 2 amide bonds. The van der Waals surface area contributed by atoms with E-state index in [9.17, 15) is 18.0 Å². The van der Waals surface area contributed by atoms with Crippen LogP contribution in [0.4, 0.5) is 5.69 Å². The number of rotatable bonds is 9. The van der Waals surface area contributed by atoms with Gasteiger partial charge >= 0.3 is 0 Å². The second-order valence-electron chi connectivity index (χ2n) is 10.7. The highest BCUT2D eigenvalue weighted by Crippen LogP contribution is 2.28. The molecule has 0 spiro atoms. The summed E-state index contributed by atoms with van der Waals surface area (Å²) in [6, 6.07) is 20.1. The molecule has 208 valence electrons. The number of amides is 2. The number of aryl methyl sites for hydroxylation is 2. The summed E-state index contributed by atoms with van der Waals surface area (Å²) < 4.78 is 29.9. The van der Waals surface area contributed by atoms with E-state index in [1.807, 2.05) is 71.0 Å². The zero-order valence-corrected chi connectivity index (χ0v) is 25.6. The molecule has 0 fully saturated rings.